The number of sulfonamides is 1. The number of aliphatic hydroxyl groups excluding tert-OH is 1. The highest BCUT2D eigenvalue weighted by atomic mass is 35.5. The Morgan fingerprint density at radius 1 is 1.50 bits per heavy atom. The summed E-state index contributed by atoms with van der Waals surface area (Å²) in [5, 5.41) is 8.77. The molecule has 6 heteroatoms. The topological polar surface area (TPSA) is 66.4 Å². The maximum atomic E-state index is 11.1. The van der Waals surface area contributed by atoms with Gasteiger partial charge >= 0.3 is 0 Å². The van der Waals surface area contributed by atoms with Crippen LogP contribution in [0.1, 0.15) is 13.8 Å². The summed E-state index contributed by atoms with van der Waals surface area (Å²) in [5.41, 5.74) is -0.815. The number of nitrogens with one attached hydrogen (secondary N) is 1. The molecule has 0 saturated heterocycles. The van der Waals surface area contributed by atoms with Crippen molar-refractivity contribution >= 4 is 21.6 Å². The Morgan fingerprint density at radius 3 is 2.33 bits per heavy atom. The van der Waals surface area contributed by atoms with Gasteiger partial charge in [0.05, 0.1) is 17.9 Å². The summed E-state index contributed by atoms with van der Waals surface area (Å²) in [4.78, 5) is 0. The fourth-order valence-corrected chi connectivity index (χ4v) is 2.43. The lowest BCUT2D eigenvalue weighted by molar-refractivity contribution is 0.208. The maximum absolute atomic E-state index is 11.1. The van der Waals surface area contributed by atoms with Crippen molar-refractivity contribution in [2.24, 2.45) is 0 Å². The average Bonchev–Trinajstić information content (AvgIpc) is 1.85. The van der Waals surface area contributed by atoms with Gasteiger partial charge < -0.3 is 5.11 Å². The van der Waals surface area contributed by atoms with Crippen molar-refractivity contribution in [2.75, 3.05) is 18.2 Å². The third-order valence-electron chi connectivity index (χ3n) is 1.17. The smallest absolute Gasteiger partial charge is 0.213 e. The van der Waals surface area contributed by atoms with Crippen molar-refractivity contribution < 1.29 is 13.5 Å². The van der Waals surface area contributed by atoms with Crippen molar-refractivity contribution in [3.05, 3.63) is 0 Å². The minimum absolute atomic E-state index is 0.0524. The van der Waals surface area contributed by atoms with E-state index in [9.17, 15) is 8.42 Å². The molecular formula is C6H14ClNO3S. The molecule has 0 aliphatic rings. The third-order valence-corrected chi connectivity index (χ3v) is 3.19. The second-order valence-corrected chi connectivity index (χ2v) is 5.37. The molecule has 74 valence electrons. The lowest BCUT2D eigenvalue weighted by atomic mass is 10.1. The molecule has 0 aromatic heterocycles. The SMILES string of the molecule is CC(C)(CO)NS(=O)(=O)CCCl. The lowest BCUT2D eigenvalue weighted by Gasteiger charge is -2.22. The van der Waals surface area contributed by atoms with E-state index in [0.29, 0.717) is 0 Å². The van der Waals surface area contributed by atoms with Gasteiger partial charge in [-0.25, -0.2) is 13.1 Å². The van der Waals surface area contributed by atoms with Crippen LogP contribution in [0, 0.1) is 0 Å². The Bertz CT molecular complexity index is 225. The molecule has 0 fully saturated rings. The molecule has 0 saturated carbocycles. The summed E-state index contributed by atoms with van der Waals surface area (Å²) in [7, 11) is -3.34. The first kappa shape index (κ1) is 12.2. The van der Waals surface area contributed by atoms with Crippen molar-refractivity contribution in [2.45, 2.75) is 19.4 Å². The van der Waals surface area contributed by atoms with E-state index in [2.05, 4.69) is 4.72 Å². The molecule has 0 aromatic rings. The molecule has 0 aliphatic heterocycles. The first-order chi connectivity index (χ1) is 5.33. The van der Waals surface area contributed by atoms with Crippen molar-refractivity contribution in [1.29, 1.82) is 0 Å². The van der Waals surface area contributed by atoms with Gasteiger partial charge in [0.1, 0.15) is 0 Å². The van der Waals surface area contributed by atoms with Crippen LogP contribution in [0.2, 0.25) is 0 Å². The number of aliphatic hydroxyl groups is 1. The summed E-state index contributed by atoms with van der Waals surface area (Å²) in [5.74, 6) is -0.0746. The summed E-state index contributed by atoms with van der Waals surface area (Å²) < 4.78 is 24.5. The largest absolute Gasteiger partial charge is 0.394 e. The summed E-state index contributed by atoms with van der Waals surface area (Å²) in [6, 6.07) is 0. The zero-order chi connectivity index (χ0) is 9.83. The molecule has 2 N–H and O–H groups in total. The second kappa shape index (κ2) is 4.41. The summed E-state index contributed by atoms with van der Waals surface area (Å²) >= 11 is 5.28. The highest BCUT2D eigenvalue weighted by Gasteiger charge is 2.23. The van der Waals surface area contributed by atoms with Crippen LogP contribution in [-0.2, 0) is 10.0 Å². The van der Waals surface area contributed by atoms with Gasteiger partial charge in [0, 0.05) is 5.88 Å². The Morgan fingerprint density at radius 2 is 2.00 bits per heavy atom. The molecule has 0 rings (SSSR count). The predicted molar refractivity (Wildman–Crippen MR) is 48.8 cm³/mol. The molecule has 0 radical (unpaired) electrons. The molecule has 0 spiro atoms. The van der Waals surface area contributed by atoms with Crippen molar-refractivity contribution in [1.82, 2.24) is 4.72 Å². The first-order valence-corrected chi connectivity index (χ1v) is 5.70. The number of rotatable bonds is 5. The number of halogens is 1. The van der Waals surface area contributed by atoms with Crippen LogP contribution in [0.3, 0.4) is 0 Å². The van der Waals surface area contributed by atoms with Gasteiger partial charge in [-0.3, -0.25) is 0 Å². The van der Waals surface area contributed by atoms with E-state index in [1.807, 2.05) is 0 Å². The Balaban J connectivity index is 4.25. The Hall–Kier alpha value is 0.160. The van der Waals surface area contributed by atoms with Gasteiger partial charge in [-0.15, -0.1) is 11.6 Å². The van der Waals surface area contributed by atoms with E-state index >= 15 is 0 Å². The van der Waals surface area contributed by atoms with E-state index < -0.39 is 15.6 Å². The molecule has 0 heterocycles. The number of alkyl halides is 1. The Labute approximate surface area is 78.0 Å². The van der Waals surface area contributed by atoms with Gasteiger partial charge in [0.2, 0.25) is 10.0 Å². The standard InChI is InChI=1S/C6H14ClNO3S/c1-6(2,5-9)8-12(10,11)4-3-7/h8-9H,3-5H2,1-2H3. The molecule has 0 aromatic carbocycles. The molecular weight excluding hydrogens is 202 g/mol. The average molecular weight is 216 g/mol. The van der Waals surface area contributed by atoms with Crippen molar-refractivity contribution in [3.63, 3.8) is 0 Å². The minimum atomic E-state index is -3.34. The van der Waals surface area contributed by atoms with Crippen LogP contribution in [0.4, 0.5) is 0 Å². The van der Waals surface area contributed by atoms with Gasteiger partial charge in [-0.1, -0.05) is 0 Å². The lowest BCUT2D eigenvalue weighted by Crippen LogP contribution is -2.47. The quantitative estimate of drug-likeness (QED) is 0.631. The zero-order valence-electron chi connectivity index (χ0n) is 7.17. The van der Waals surface area contributed by atoms with Gasteiger partial charge in [-0.05, 0) is 13.8 Å². The number of hydrogen-bond donors (Lipinski definition) is 2. The molecule has 0 unspecified atom stereocenters. The number of hydrogen-bond acceptors (Lipinski definition) is 3. The molecule has 0 bridgehead atoms. The second-order valence-electron chi connectivity index (χ2n) is 3.15. The monoisotopic (exact) mass is 215 g/mol. The molecule has 12 heavy (non-hydrogen) atoms. The fourth-order valence-electron chi connectivity index (χ4n) is 0.606. The highest BCUT2D eigenvalue weighted by molar-refractivity contribution is 7.89. The molecule has 0 atom stereocenters. The normalized spacial score (nSPS) is 13.3. The highest BCUT2D eigenvalue weighted by Crippen LogP contribution is 2.02. The van der Waals surface area contributed by atoms with Gasteiger partial charge in [0.15, 0.2) is 0 Å². The van der Waals surface area contributed by atoms with Crippen LogP contribution in [0.5, 0.6) is 0 Å². The fraction of sp³-hybridized carbons (Fsp3) is 1.00. The minimum Gasteiger partial charge on any atom is -0.394 e. The van der Waals surface area contributed by atoms with Crippen LogP contribution in [0.25, 0.3) is 0 Å². The summed E-state index contributed by atoms with van der Waals surface area (Å²) in [6.45, 7) is 2.95. The van der Waals surface area contributed by atoms with Crippen LogP contribution >= 0.6 is 11.6 Å². The predicted octanol–water partition coefficient (Wildman–Crippen LogP) is -0.0845. The zero-order valence-corrected chi connectivity index (χ0v) is 8.74. The molecule has 0 aliphatic carbocycles. The van der Waals surface area contributed by atoms with Gasteiger partial charge in [-0.2, -0.15) is 0 Å². The van der Waals surface area contributed by atoms with E-state index in [-0.39, 0.29) is 18.2 Å². The maximum Gasteiger partial charge on any atom is 0.213 e. The van der Waals surface area contributed by atoms with E-state index in [4.69, 9.17) is 16.7 Å². The van der Waals surface area contributed by atoms with Gasteiger partial charge in [0.25, 0.3) is 0 Å². The third kappa shape index (κ3) is 4.92. The van der Waals surface area contributed by atoms with E-state index in [1.54, 1.807) is 13.8 Å². The van der Waals surface area contributed by atoms with E-state index in [0.717, 1.165) is 0 Å². The van der Waals surface area contributed by atoms with Crippen molar-refractivity contribution in [3.8, 4) is 0 Å². The molecule has 4 nitrogen and oxygen atoms in total. The first-order valence-electron chi connectivity index (χ1n) is 3.51. The molecule has 0 amide bonds. The van der Waals surface area contributed by atoms with E-state index in [1.165, 1.54) is 0 Å². The van der Waals surface area contributed by atoms with Crippen LogP contribution < -0.4 is 4.72 Å². The summed E-state index contributed by atoms with van der Waals surface area (Å²) in [6.07, 6.45) is 0. The van der Waals surface area contributed by atoms with Crippen LogP contribution in [0.15, 0.2) is 0 Å². The Kier molecular flexibility index (Phi) is 4.47. The van der Waals surface area contributed by atoms with Crippen LogP contribution in [-0.4, -0.2) is 37.3 Å².